The predicted octanol–water partition coefficient (Wildman–Crippen LogP) is 2.08. The number of halogens is 1. The van der Waals surface area contributed by atoms with Crippen molar-refractivity contribution in [1.29, 1.82) is 0 Å². The zero-order valence-corrected chi connectivity index (χ0v) is 16.2. The molecule has 2 aliphatic rings. The van der Waals surface area contributed by atoms with E-state index in [0.29, 0.717) is 36.2 Å². The Labute approximate surface area is 162 Å². The number of rotatable bonds is 2. The van der Waals surface area contributed by atoms with Gasteiger partial charge < -0.3 is 20.5 Å². The number of benzene rings is 1. The molecule has 3 heterocycles. The van der Waals surface area contributed by atoms with Crippen LogP contribution in [0.4, 0.5) is 10.1 Å². The molecule has 146 valence electrons. The van der Waals surface area contributed by atoms with Crippen LogP contribution in [0.2, 0.25) is 0 Å². The van der Waals surface area contributed by atoms with E-state index in [-0.39, 0.29) is 23.4 Å². The van der Waals surface area contributed by atoms with Gasteiger partial charge in [0.05, 0.1) is 22.8 Å². The van der Waals surface area contributed by atoms with Crippen molar-refractivity contribution < 1.29 is 14.0 Å². The van der Waals surface area contributed by atoms with Crippen LogP contribution in [0, 0.1) is 37.4 Å². The van der Waals surface area contributed by atoms with Gasteiger partial charge in [0, 0.05) is 36.6 Å². The molecule has 1 aromatic carbocycles. The Balaban J connectivity index is 1.81. The first kappa shape index (κ1) is 18.4. The molecule has 0 bridgehead atoms. The van der Waals surface area contributed by atoms with E-state index in [1.165, 1.54) is 6.07 Å². The average molecular weight is 382 g/mol. The number of anilines is 1. The minimum atomic E-state index is -0.660. The number of fused-ring (bicyclic) bond motifs is 2. The summed E-state index contributed by atoms with van der Waals surface area (Å²) in [4.78, 5) is 31.0. The molecule has 7 heteroatoms. The van der Waals surface area contributed by atoms with E-state index < -0.39 is 11.7 Å². The molecule has 1 aromatic heterocycles. The van der Waals surface area contributed by atoms with Gasteiger partial charge in [-0.2, -0.15) is 0 Å². The van der Waals surface area contributed by atoms with Crippen LogP contribution in [0.15, 0.2) is 6.07 Å². The maximum Gasteiger partial charge on any atom is 0.298 e. The Morgan fingerprint density at radius 3 is 2.75 bits per heavy atom. The summed E-state index contributed by atoms with van der Waals surface area (Å²) < 4.78 is 15.2. The van der Waals surface area contributed by atoms with Crippen LogP contribution in [0.5, 0.6) is 0 Å². The van der Waals surface area contributed by atoms with Gasteiger partial charge in [-0.3, -0.25) is 9.59 Å². The Morgan fingerprint density at radius 2 is 2.07 bits per heavy atom. The maximum atomic E-state index is 15.2. The number of aromatic nitrogens is 1. The number of aryl methyl sites for hydroxylation is 2. The van der Waals surface area contributed by atoms with E-state index in [4.69, 9.17) is 5.73 Å². The normalized spacial score (nSPS) is 21.0. The molecule has 2 unspecified atom stereocenters. The highest BCUT2D eigenvalue weighted by atomic mass is 19.1. The smallest absolute Gasteiger partial charge is 0.298 e. The number of likely N-dealkylation sites (tertiary alicyclic amines) is 1. The lowest BCUT2D eigenvalue weighted by molar-refractivity contribution is -0.124. The van der Waals surface area contributed by atoms with Gasteiger partial charge in [-0.1, -0.05) is 5.92 Å². The summed E-state index contributed by atoms with van der Waals surface area (Å²) >= 11 is 0. The summed E-state index contributed by atoms with van der Waals surface area (Å²) in [5.74, 6) is 4.23. The predicted molar refractivity (Wildman–Crippen MR) is 106 cm³/mol. The van der Waals surface area contributed by atoms with E-state index in [9.17, 15) is 9.59 Å². The van der Waals surface area contributed by atoms with Gasteiger partial charge in [-0.05, 0) is 44.7 Å². The van der Waals surface area contributed by atoms with Gasteiger partial charge in [-0.25, -0.2) is 4.39 Å². The molecule has 2 aromatic rings. The minimum Gasteiger partial charge on any atom is -0.366 e. The summed E-state index contributed by atoms with van der Waals surface area (Å²) in [5, 5.41) is 0.699. The number of hydrogen-bond donors (Lipinski definition) is 2. The molecule has 0 saturated carbocycles. The lowest BCUT2D eigenvalue weighted by Gasteiger charge is -2.28. The molecular weight excluding hydrogens is 359 g/mol. The molecule has 2 atom stereocenters. The second-order valence-electron chi connectivity index (χ2n) is 7.64. The Hall–Kier alpha value is -3.01. The van der Waals surface area contributed by atoms with Gasteiger partial charge in [0.15, 0.2) is 0 Å². The summed E-state index contributed by atoms with van der Waals surface area (Å²) in [6, 6.07) is 1.26. The highest BCUT2D eigenvalue weighted by Crippen LogP contribution is 2.42. The Kier molecular flexibility index (Phi) is 4.30. The Bertz CT molecular complexity index is 1060. The molecule has 2 aliphatic heterocycles. The number of aromatic amines is 1. The first-order valence-corrected chi connectivity index (χ1v) is 9.43. The van der Waals surface area contributed by atoms with Crippen LogP contribution in [0.1, 0.15) is 35.0 Å². The zero-order valence-electron chi connectivity index (χ0n) is 16.2. The second-order valence-corrected chi connectivity index (χ2v) is 7.64. The van der Waals surface area contributed by atoms with Gasteiger partial charge in [0.2, 0.25) is 0 Å². The third-order valence-electron chi connectivity index (χ3n) is 6.12. The number of nitrogens with zero attached hydrogens (tertiary/aromatic N) is 2. The highest BCUT2D eigenvalue weighted by Gasteiger charge is 2.44. The van der Waals surface area contributed by atoms with Crippen LogP contribution in [-0.4, -0.2) is 47.4 Å². The molecule has 2 amide bonds. The molecule has 6 nitrogen and oxygen atoms in total. The van der Waals surface area contributed by atoms with E-state index in [1.54, 1.807) is 11.8 Å². The number of nitrogens with two attached hydrogens (primary N) is 1. The monoisotopic (exact) mass is 382 g/mol. The fraction of sp³-hybridized carbons (Fsp3) is 0.429. The molecular formula is C21H23FN4O2. The van der Waals surface area contributed by atoms with Crippen LogP contribution in [0.3, 0.4) is 0 Å². The van der Waals surface area contributed by atoms with Crippen molar-refractivity contribution >= 4 is 28.4 Å². The van der Waals surface area contributed by atoms with Crippen molar-refractivity contribution in [3.05, 3.63) is 28.7 Å². The average Bonchev–Trinajstić information content (AvgIpc) is 3.30. The number of hydrogen-bond acceptors (Lipinski definition) is 3. The van der Waals surface area contributed by atoms with Gasteiger partial charge in [0.25, 0.3) is 11.8 Å². The molecule has 2 saturated heterocycles. The van der Waals surface area contributed by atoms with Crippen LogP contribution in [-0.2, 0) is 4.79 Å². The fourth-order valence-electron chi connectivity index (χ4n) is 4.67. The van der Waals surface area contributed by atoms with Crippen molar-refractivity contribution in [1.82, 2.24) is 9.88 Å². The van der Waals surface area contributed by atoms with Crippen molar-refractivity contribution in [2.45, 2.75) is 33.2 Å². The van der Waals surface area contributed by atoms with Crippen molar-refractivity contribution in [3.63, 3.8) is 0 Å². The number of primary amides is 1. The van der Waals surface area contributed by atoms with Crippen LogP contribution in [0.25, 0.3) is 10.9 Å². The van der Waals surface area contributed by atoms with E-state index in [2.05, 4.69) is 21.7 Å². The molecule has 0 spiro atoms. The molecule has 28 heavy (non-hydrogen) atoms. The largest absolute Gasteiger partial charge is 0.366 e. The highest BCUT2D eigenvalue weighted by molar-refractivity contribution is 6.10. The quantitative estimate of drug-likeness (QED) is 0.781. The SMILES string of the molecule is CC#CC(=O)N1CC2CCN(c3c(F)cc(C(N)=O)c4[nH]c(C)c(C)c34)C2C1. The summed E-state index contributed by atoms with van der Waals surface area (Å²) in [5.41, 5.74) is 8.48. The lowest BCUT2D eigenvalue weighted by Crippen LogP contribution is -2.37. The Morgan fingerprint density at radius 1 is 1.32 bits per heavy atom. The number of nitrogens with one attached hydrogen (secondary N) is 1. The van der Waals surface area contributed by atoms with E-state index >= 15 is 4.39 Å². The standard InChI is InChI=1S/C21H23FN4O2/c1-4-5-17(27)25-9-13-6-7-26(16(13)10-25)20-15(22)8-14(21(23)28)19-18(20)11(2)12(3)24-19/h8,13,16,24H,6-7,9-10H2,1-3H3,(H2,23,28). The summed E-state index contributed by atoms with van der Waals surface area (Å²) in [7, 11) is 0. The minimum absolute atomic E-state index is 0.0364. The van der Waals surface area contributed by atoms with Crippen molar-refractivity contribution in [2.24, 2.45) is 11.7 Å². The maximum absolute atomic E-state index is 15.2. The second kappa shape index (κ2) is 6.55. The van der Waals surface area contributed by atoms with Gasteiger partial charge in [-0.15, -0.1) is 0 Å². The van der Waals surface area contributed by atoms with Gasteiger partial charge >= 0.3 is 0 Å². The molecule has 4 rings (SSSR count). The first-order chi connectivity index (χ1) is 13.3. The first-order valence-electron chi connectivity index (χ1n) is 9.43. The number of carbonyl (C=O) groups excluding carboxylic acids is 2. The summed E-state index contributed by atoms with van der Waals surface area (Å²) in [6.07, 6.45) is 0.884. The van der Waals surface area contributed by atoms with Crippen LogP contribution >= 0.6 is 0 Å². The number of carbonyl (C=O) groups is 2. The molecule has 0 radical (unpaired) electrons. The molecule has 3 N–H and O–H groups in total. The van der Waals surface area contributed by atoms with Crippen molar-refractivity contribution in [3.8, 4) is 11.8 Å². The zero-order chi connectivity index (χ0) is 20.2. The number of H-pyrrole nitrogens is 1. The van der Waals surface area contributed by atoms with Crippen LogP contribution < -0.4 is 10.6 Å². The molecule has 0 aliphatic carbocycles. The number of amides is 2. The summed E-state index contributed by atoms with van der Waals surface area (Å²) in [6.45, 7) is 7.33. The van der Waals surface area contributed by atoms with Crippen molar-refractivity contribution in [2.75, 3.05) is 24.5 Å². The van der Waals surface area contributed by atoms with E-state index in [0.717, 1.165) is 17.7 Å². The topological polar surface area (TPSA) is 82.4 Å². The third-order valence-corrected chi connectivity index (χ3v) is 6.12. The third kappa shape index (κ3) is 2.63. The van der Waals surface area contributed by atoms with E-state index in [1.807, 2.05) is 13.8 Å². The molecule has 2 fully saturated rings. The van der Waals surface area contributed by atoms with Gasteiger partial charge in [0.1, 0.15) is 5.82 Å². The fourth-order valence-corrected chi connectivity index (χ4v) is 4.67. The lowest BCUT2D eigenvalue weighted by atomic mass is 10.0.